The molecule has 0 unspecified atom stereocenters. The lowest BCUT2D eigenvalue weighted by molar-refractivity contribution is -0.127. The molecule has 3 aromatic rings. The monoisotopic (exact) mass is 351 g/mol. The van der Waals surface area contributed by atoms with E-state index in [1.54, 1.807) is 18.7 Å². The van der Waals surface area contributed by atoms with E-state index in [0.717, 1.165) is 16.5 Å². The van der Waals surface area contributed by atoms with Crippen molar-refractivity contribution >= 4 is 28.4 Å². The first-order valence-electron chi connectivity index (χ1n) is 8.33. The molecule has 0 aromatic heterocycles. The molecule has 3 rings (SSSR count). The van der Waals surface area contributed by atoms with Gasteiger partial charge in [-0.05, 0) is 42.0 Å². The lowest BCUT2D eigenvalue weighted by Crippen LogP contribution is -2.37. The predicted octanol–water partition coefficient (Wildman–Crippen LogP) is 4.52. The third-order valence-electron chi connectivity index (χ3n) is 3.82. The molecule has 0 radical (unpaired) electrons. The fourth-order valence-electron chi connectivity index (χ4n) is 2.50. The number of carbonyl (C=O) groups excluding carboxylic acids is 1. The van der Waals surface area contributed by atoms with Crippen molar-refractivity contribution in [2.24, 2.45) is 0 Å². The molecule has 1 N–H and O–H groups in total. The fraction of sp³-hybridized carbons (Fsp3) is 0.190. The van der Waals surface area contributed by atoms with Gasteiger partial charge in [-0.25, -0.2) is 0 Å². The van der Waals surface area contributed by atoms with Crippen molar-refractivity contribution in [3.63, 3.8) is 0 Å². The Bertz CT molecular complexity index is 835. The minimum Gasteiger partial charge on any atom is -0.481 e. The fourth-order valence-corrected chi connectivity index (χ4v) is 3.29. The molecule has 0 saturated carbocycles. The van der Waals surface area contributed by atoms with Crippen LogP contribution >= 0.6 is 11.8 Å². The summed E-state index contributed by atoms with van der Waals surface area (Å²) in [6.45, 7) is 2.39. The van der Waals surface area contributed by atoms with Crippen molar-refractivity contribution < 1.29 is 9.53 Å². The van der Waals surface area contributed by atoms with E-state index in [-0.39, 0.29) is 5.91 Å². The van der Waals surface area contributed by atoms with Crippen LogP contribution in [0.1, 0.15) is 6.92 Å². The molecule has 3 aromatic carbocycles. The van der Waals surface area contributed by atoms with Crippen molar-refractivity contribution in [3.05, 3.63) is 72.8 Å². The van der Waals surface area contributed by atoms with Crippen LogP contribution in [-0.4, -0.2) is 24.3 Å². The Labute approximate surface area is 152 Å². The second-order valence-corrected chi connectivity index (χ2v) is 6.89. The number of thioether (sulfide) groups is 1. The Balaban J connectivity index is 1.46. The van der Waals surface area contributed by atoms with Crippen LogP contribution in [0.3, 0.4) is 0 Å². The quantitative estimate of drug-likeness (QED) is 0.502. The average Bonchev–Trinajstić information content (AvgIpc) is 2.65. The van der Waals surface area contributed by atoms with E-state index in [2.05, 4.69) is 23.5 Å². The van der Waals surface area contributed by atoms with Gasteiger partial charge in [0.15, 0.2) is 6.10 Å². The van der Waals surface area contributed by atoms with Crippen molar-refractivity contribution in [3.8, 4) is 5.75 Å². The highest BCUT2D eigenvalue weighted by atomic mass is 32.2. The lowest BCUT2D eigenvalue weighted by Gasteiger charge is -2.15. The minimum absolute atomic E-state index is 0.0955. The molecule has 0 bridgehead atoms. The number of hydrogen-bond donors (Lipinski definition) is 1. The van der Waals surface area contributed by atoms with E-state index < -0.39 is 6.10 Å². The summed E-state index contributed by atoms with van der Waals surface area (Å²) < 4.78 is 5.78. The number of hydrogen-bond acceptors (Lipinski definition) is 3. The van der Waals surface area contributed by atoms with Crippen LogP contribution < -0.4 is 10.1 Å². The third-order valence-corrected chi connectivity index (χ3v) is 4.83. The van der Waals surface area contributed by atoms with E-state index in [0.29, 0.717) is 12.3 Å². The standard InChI is InChI=1S/C21H21NO2S/c1-16(21(23)22-13-14-25-20-9-3-2-4-10-20)24-19-12-11-17-7-5-6-8-18(17)15-19/h2-12,15-16H,13-14H2,1H3,(H,22,23)/t16-/m0/s1. The molecule has 0 fully saturated rings. The number of ether oxygens (including phenoxy) is 1. The molecule has 0 saturated heterocycles. The first-order chi connectivity index (χ1) is 12.2. The summed E-state index contributed by atoms with van der Waals surface area (Å²) in [4.78, 5) is 13.4. The van der Waals surface area contributed by atoms with Crippen molar-refractivity contribution in [2.75, 3.05) is 12.3 Å². The van der Waals surface area contributed by atoms with Crippen LogP contribution in [0.15, 0.2) is 77.7 Å². The summed E-state index contributed by atoms with van der Waals surface area (Å²) in [6, 6.07) is 24.1. The molecule has 4 heteroatoms. The topological polar surface area (TPSA) is 38.3 Å². The number of fused-ring (bicyclic) bond motifs is 1. The van der Waals surface area contributed by atoms with Crippen LogP contribution in [0, 0.1) is 0 Å². The molecule has 3 nitrogen and oxygen atoms in total. The Morgan fingerprint density at radius 3 is 2.52 bits per heavy atom. The van der Waals surface area contributed by atoms with Gasteiger partial charge in [0.2, 0.25) is 0 Å². The number of nitrogens with one attached hydrogen (secondary N) is 1. The smallest absolute Gasteiger partial charge is 0.260 e. The normalized spacial score (nSPS) is 11.9. The maximum atomic E-state index is 12.2. The highest BCUT2D eigenvalue weighted by molar-refractivity contribution is 7.99. The maximum absolute atomic E-state index is 12.2. The maximum Gasteiger partial charge on any atom is 0.260 e. The summed E-state index contributed by atoms with van der Waals surface area (Å²) >= 11 is 1.72. The van der Waals surface area contributed by atoms with Gasteiger partial charge in [-0.1, -0.05) is 48.5 Å². The van der Waals surface area contributed by atoms with Gasteiger partial charge < -0.3 is 10.1 Å². The van der Waals surface area contributed by atoms with Gasteiger partial charge in [-0.2, -0.15) is 0 Å². The molecule has 0 spiro atoms. The molecule has 1 atom stereocenters. The van der Waals surface area contributed by atoms with E-state index in [4.69, 9.17) is 4.74 Å². The molecule has 0 aliphatic heterocycles. The third kappa shape index (κ3) is 5.00. The second-order valence-electron chi connectivity index (χ2n) is 5.72. The number of benzene rings is 3. The highest BCUT2D eigenvalue weighted by Gasteiger charge is 2.14. The summed E-state index contributed by atoms with van der Waals surface area (Å²) in [7, 11) is 0. The average molecular weight is 351 g/mol. The summed E-state index contributed by atoms with van der Waals surface area (Å²) in [5, 5.41) is 5.19. The molecular formula is C21H21NO2S. The van der Waals surface area contributed by atoms with E-state index >= 15 is 0 Å². The molecule has 0 heterocycles. The molecule has 0 aliphatic rings. The van der Waals surface area contributed by atoms with Crippen LogP contribution in [0.2, 0.25) is 0 Å². The van der Waals surface area contributed by atoms with Crippen molar-refractivity contribution in [2.45, 2.75) is 17.9 Å². The number of amides is 1. The Morgan fingerprint density at radius 2 is 1.72 bits per heavy atom. The van der Waals surface area contributed by atoms with Crippen molar-refractivity contribution in [1.29, 1.82) is 0 Å². The van der Waals surface area contributed by atoms with Gasteiger partial charge in [0.1, 0.15) is 5.75 Å². The van der Waals surface area contributed by atoms with E-state index in [1.807, 2.05) is 54.6 Å². The summed E-state index contributed by atoms with van der Waals surface area (Å²) in [5.41, 5.74) is 0. The van der Waals surface area contributed by atoms with Crippen LogP contribution in [0.25, 0.3) is 10.8 Å². The summed E-state index contributed by atoms with van der Waals surface area (Å²) in [5.74, 6) is 1.44. The number of rotatable bonds is 7. The van der Waals surface area contributed by atoms with E-state index in [9.17, 15) is 4.79 Å². The lowest BCUT2D eigenvalue weighted by atomic mass is 10.1. The molecule has 0 aliphatic carbocycles. The van der Waals surface area contributed by atoms with Crippen LogP contribution in [0.5, 0.6) is 5.75 Å². The zero-order chi connectivity index (χ0) is 17.5. The first kappa shape index (κ1) is 17.4. The predicted molar refractivity (Wildman–Crippen MR) is 104 cm³/mol. The highest BCUT2D eigenvalue weighted by Crippen LogP contribution is 2.21. The zero-order valence-corrected chi connectivity index (χ0v) is 15.0. The zero-order valence-electron chi connectivity index (χ0n) is 14.1. The van der Waals surface area contributed by atoms with Gasteiger partial charge in [-0.15, -0.1) is 11.8 Å². The molecule has 1 amide bonds. The van der Waals surface area contributed by atoms with Gasteiger partial charge in [0.25, 0.3) is 5.91 Å². The Morgan fingerprint density at radius 1 is 1.00 bits per heavy atom. The largest absolute Gasteiger partial charge is 0.481 e. The molecule has 25 heavy (non-hydrogen) atoms. The molecular weight excluding hydrogens is 330 g/mol. The van der Waals surface area contributed by atoms with Gasteiger partial charge in [-0.3, -0.25) is 4.79 Å². The Hall–Kier alpha value is -2.46. The Kier molecular flexibility index (Phi) is 5.96. The van der Waals surface area contributed by atoms with Crippen molar-refractivity contribution in [1.82, 2.24) is 5.32 Å². The van der Waals surface area contributed by atoms with Crippen LogP contribution in [0.4, 0.5) is 0 Å². The molecule has 128 valence electrons. The van der Waals surface area contributed by atoms with Gasteiger partial charge in [0.05, 0.1) is 0 Å². The second kappa shape index (κ2) is 8.58. The number of carbonyl (C=O) groups is 1. The first-order valence-corrected chi connectivity index (χ1v) is 9.32. The van der Waals surface area contributed by atoms with E-state index in [1.165, 1.54) is 4.90 Å². The van der Waals surface area contributed by atoms with Gasteiger partial charge in [0, 0.05) is 17.2 Å². The van der Waals surface area contributed by atoms with Gasteiger partial charge >= 0.3 is 0 Å². The SMILES string of the molecule is C[C@H](Oc1ccc2ccccc2c1)C(=O)NCCSc1ccccc1. The summed E-state index contributed by atoms with van der Waals surface area (Å²) in [6.07, 6.45) is -0.525. The van der Waals surface area contributed by atoms with Crippen LogP contribution in [-0.2, 0) is 4.79 Å². The minimum atomic E-state index is -0.525.